The maximum absolute atomic E-state index is 9.61. The molecule has 0 bridgehead atoms. The molecule has 0 aliphatic carbocycles. The fourth-order valence-corrected chi connectivity index (χ4v) is 2.51. The summed E-state index contributed by atoms with van der Waals surface area (Å²) >= 11 is 0. The SMILES string of the molecule is CC1=NNC(c2ccccc2)=NC1C(C#N)c1ccccc1. The molecule has 0 saturated heterocycles. The molecule has 22 heavy (non-hydrogen) atoms. The standard InChI is InChI=1S/C18H16N4/c1-13-17(16(12-19)14-8-4-2-5-9-14)20-18(22-21-13)15-10-6-3-7-11-15/h2-11,16-17H,1H3,(H,20,22). The highest BCUT2D eigenvalue weighted by molar-refractivity contribution is 6.04. The number of nitriles is 1. The molecule has 2 unspecified atom stereocenters. The molecule has 1 aliphatic heterocycles. The molecule has 0 aromatic heterocycles. The molecule has 0 fully saturated rings. The summed E-state index contributed by atoms with van der Waals surface area (Å²) in [5, 5.41) is 14.0. The molecule has 1 aliphatic rings. The molecule has 0 spiro atoms. The van der Waals surface area contributed by atoms with Gasteiger partial charge in [0.2, 0.25) is 0 Å². The van der Waals surface area contributed by atoms with Gasteiger partial charge in [0.25, 0.3) is 0 Å². The predicted molar refractivity (Wildman–Crippen MR) is 87.8 cm³/mol. The van der Waals surface area contributed by atoms with E-state index in [-0.39, 0.29) is 12.0 Å². The van der Waals surface area contributed by atoms with Crippen molar-refractivity contribution in [1.82, 2.24) is 5.43 Å². The molecule has 1 heterocycles. The van der Waals surface area contributed by atoms with Crippen LogP contribution < -0.4 is 5.43 Å². The van der Waals surface area contributed by atoms with Crippen LogP contribution in [0.1, 0.15) is 24.0 Å². The van der Waals surface area contributed by atoms with E-state index >= 15 is 0 Å². The summed E-state index contributed by atoms with van der Waals surface area (Å²) in [6.07, 6.45) is 0. The van der Waals surface area contributed by atoms with Crippen LogP contribution in [0, 0.1) is 11.3 Å². The van der Waals surface area contributed by atoms with Crippen LogP contribution in [0.25, 0.3) is 0 Å². The Kier molecular flexibility index (Phi) is 3.97. The van der Waals surface area contributed by atoms with E-state index in [2.05, 4.69) is 16.6 Å². The monoisotopic (exact) mass is 288 g/mol. The van der Waals surface area contributed by atoms with Crippen LogP contribution in [-0.4, -0.2) is 17.6 Å². The molecule has 0 radical (unpaired) electrons. The molecular weight excluding hydrogens is 272 g/mol. The minimum Gasteiger partial charge on any atom is -0.261 e. The third-order valence-electron chi connectivity index (χ3n) is 3.70. The number of aliphatic imine (C=N–C) groups is 1. The van der Waals surface area contributed by atoms with Crippen molar-refractivity contribution < 1.29 is 0 Å². The van der Waals surface area contributed by atoms with Gasteiger partial charge in [-0.25, -0.2) is 0 Å². The Bertz CT molecular complexity index is 742. The number of hydrogen-bond donors (Lipinski definition) is 1. The van der Waals surface area contributed by atoms with Gasteiger partial charge in [0, 0.05) is 5.56 Å². The molecule has 0 amide bonds. The van der Waals surface area contributed by atoms with Crippen LogP contribution in [0.15, 0.2) is 70.8 Å². The van der Waals surface area contributed by atoms with E-state index in [0.717, 1.165) is 16.8 Å². The lowest BCUT2D eigenvalue weighted by molar-refractivity contribution is 0.732. The molecule has 1 N–H and O–H groups in total. The highest BCUT2D eigenvalue weighted by Crippen LogP contribution is 2.24. The summed E-state index contributed by atoms with van der Waals surface area (Å²) in [7, 11) is 0. The van der Waals surface area contributed by atoms with Crippen molar-refractivity contribution in [1.29, 1.82) is 5.26 Å². The molecule has 2 aromatic rings. The second kappa shape index (κ2) is 6.23. The van der Waals surface area contributed by atoms with Crippen molar-refractivity contribution >= 4 is 11.5 Å². The average Bonchev–Trinajstić information content (AvgIpc) is 2.59. The summed E-state index contributed by atoms with van der Waals surface area (Å²) in [6.45, 7) is 1.90. The molecule has 4 nitrogen and oxygen atoms in total. The highest BCUT2D eigenvalue weighted by atomic mass is 15.3. The number of rotatable bonds is 3. The fourth-order valence-electron chi connectivity index (χ4n) is 2.51. The van der Waals surface area contributed by atoms with Gasteiger partial charge < -0.3 is 0 Å². The molecular formula is C18H16N4. The van der Waals surface area contributed by atoms with Gasteiger partial charge in [-0.15, -0.1) is 0 Å². The van der Waals surface area contributed by atoms with Gasteiger partial charge in [-0.3, -0.25) is 10.4 Å². The summed E-state index contributed by atoms with van der Waals surface area (Å²) in [6, 6.07) is 21.7. The number of hydrazone groups is 1. The highest BCUT2D eigenvalue weighted by Gasteiger charge is 2.28. The Morgan fingerprint density at radius 2 is 1.68 bits per heavy atom. The van der Waals surface area contributed by atoms with Crippen molar-refractivity contribution in [2.45, 2.75) is 18.9 Å². The Hall–Kier alpha value is -2.93. The van der Waals surface area contributed by atoms with Crippen molar-refractivity contribution in [3.05, 3.63) is 71.8 Å². The number of nitrogens with zero attached hydrogens (tertiary/aromatic N) is 3. The minimum atomic E-state index is -0.342. The van der Waals surface area contributed by atoms with E-state index < -0.39 is 0 Å². The van der Waals surface area contributed by atoms with E-state index in [1.807, 2.05) is 67.6 Å². The van der Waals surface area contributed by atoms with Crippen LogP contribution >= 0.6 is 0 Å². The van der Waals surface area contributed by atoms with E-state index in [9.17, 15) is 5.26 Å². The summed E-state index contributed by atoms with van der Waals surface area (Å²) in [5.74, 6) is 0.359. The van der Waals surface area contributed by atoms with Crippen molar-refractivity contribution in [2.24, 2.45) is 10.1 Å². The third kappa shape index (κ3) is 2.75. The summed E-state index contributed by atoms with van der Waals surface area (Å²) < 4.78 is 0. The zero-order valence-electron chi connectivity index (χ0n) is 12.3. The Labute approximate surface area is 129 Å². The van der Waals surface area contributed by atoms with Gasteiger partial charge >= 0.3 is 0 Å². The molecule has 108 valence electrons. The van der Waals surface area contributed by atoms with Gasteiger partial charge in [-0.2, -0.15) is 10.4 Å². The van der Waals surface area contributed by atoms with Gasteiger partial charge in [0.1, 0.15) is 11.9 Å². The van der Waals surface area contributed by atoms with Crippen molar-refractivity contribution in [2.75, 3.05) is 0 Å². The van der Waals surface area contributed by atoms with E-state index in [1.54, 1.807) is 0 Å². The van der Waals surface area contributed by atoms with Crippen molar-refractivity contribution in [3.63, 3.8) is 0 Å². The smallest absolute Gasteiger partial charge is 0.149 e. The third-order valence-corrected chi connectivity index (χ3v) is 3.70. The first-order chi connectivity index (χ1) is 10.8. The molecule has 2 aromatic carbocycles. The molecule has 2 atom stereocenters. The largest absolute Gasteiger partial charge is 0.261 e. The Balaban J connectivity index is 1.97. The first kappa shape index (κ1) is 14.0. The van der Waals surface area contributed by atoms with Gasteiger partial charge in [0.15, 0.2) is 0 Å². The number of hydrogen-bond acceptors (Lipinski definition) is 4. The Morgan fingerprint density at radius 1 is 1.05 bits per heavy atom. The zero-order chi connectivity index (χ0) is 15.4. The lowest BCUT2D eigenvalue weighted by Gasteiger charge is -2.24. The van der Waals surface area contributed by atoms with Crippen LogP contribution in [0.2, 0.25) is 0 Å². The van der Waals surface area contributed by atoms with E-state index in [0.29, 0.717) is 5.84 Å². The second-order valence-corrected chi connectivity index (χ2v) is 5.17. The summed E-state index contributed by atoms with van der Waals surface area (Å²) in [4.78, 5) is 4.73. The summed E-state index contributed by atoms with van der Waals surface area (Å²) in [5.41, 5.74) is 5.72. The van der Waals surface area contributed by atoms with Gasteiger partial charge in [-0.1, -0.05) is 60.7 Å². The van der Waals surface area contributed by atoms with Crippen molar-refractivity contribution in [3.8, 4) is 6.07 Å². The van der Waals surface area contributed by atoms with Crippen LogP contribution in [0.3, 0.4) is 0 Å². The zero-order valence-corrected chi connectivity index (χ0v) is 12.3. The average molecular weight is 288 g/mol. The van der Waals surface area contributed by atoms with Crippen LogP contribution in [0.5, 0.6) is 0 Å². The van der Waals surface area contributed by atoms with Crippen LogP contribution in [0.4, 0.5) is 0 Å². The molecule has 3 rings (SSSR count). The Morgan fingerprint density at radius 3 is 2.32 bits per heavy atom. The predicted octanol–water partition coefficient (Wildman–Crippen LogP) is 3.09. The quantitative estimate of drug-likeness (QED) is 0.943. The lowest BCUT2D eigenvalue weighted by atomic mass is 9.90. The van der Waals surface area contributed by atoms with E-state index in [4.69, 9.17) is 4.99 Å². The van der Waals surface area contributed by atoms with Gasteiger partial charge in [-0.05, 0) is 12.5 Å². The van der Waals surface area contributed by atoms with Crippen LogP contribution in [-0.2, 0) is 0 Å². The molecule has 4 heteroatoms. The first-order valence-electron chi connectivity index (χ1n) is 7.17. The van der Waals surface area contributed by atoms with Gasteiger partial charge in [0.05, 0.1) is 17.7 Å². The topological polar surface area (TPSA) is 60.5 Å². The normalized spacial score (nSPS) is 18.5. The fraction of sp³-hybridized carbons (Fsp3) is 0.167. The lowest BCUT2D eigenvalue weighted by Crippen LogP contribution is -2.35. The second-order valence-electron chi connectivity index (χ2n) is 5.17. The number of nitrogens with one attached hydrogen (secondary N) is 1. The van der Waals surface area contributed by atoms with E-state index in [1.165, 1.54) is 0 Å². The number of benzene rings is 2. The maximum atomic E-state index is 9.61. The first-order valence-corrected chi connectivity index (χ1v) is 7.17. The minimum absolute atomic E-state index is 0.274. The number of amidine groups is 1. The molecule has 0 saturated carbocycles. The maximum Gasteiger partial charge on any atom is 0.149 e.